The SMILES string of the molecule is CCNC1C(CN(C)C(C)COC)C(C)(C)OC1(C)C. The second kappa shape index (κ2) is 6.73. The summed E-state index contributed by atoms with van der Waals surface area (Å²) in [7, 11) is 3.94. The highest BCUT2D eigenvalue weighted by Gasteiger charge is 2.53. The van der Waals surface area contributed by atoms with E-state index in [1.807, 2.05) is 0 Å². The lowest BCUT2D eigenvalue weighted by molar-refractivity contribution is -0.0800. The van der Waals surface area contributed by atoms with Crippen LogP contribution < -0.4 is 5.32 Å². The second-order valence-corrected chi connectivity index (χ2v) is 7.19. The highest BCUT2D eigenvalue weighted by atomic mass is 16.5. The summed E-state index contributed by atoms with van der Waals surface area (Å²) in [4.78, 5) is 2.38. The Morgan fingerprint density at radius 1 is 1.25 bits per heavy atom. The van der Waals surface area contributed by atoms with Crippen molar-refractivity contribution in [2.45, 2.75) is 64.8 Å². The summed E-state index contributed by atoms with van der Waals surface area (Å²) in [5.41, 5.74) is -0.243. The summed E-state index contributed by atoms with van der Waals surface area (Å²) in [6.07, 6.45) is 0. The van der Waals surface area contributed by atoms with Crippen LogP contribution in [0.3, 0.4) is 0 Å². The van der Waals surface area contributed by atoms with Crippen molar-refractivity contribution in [2.75, 3.05) is 33.9 Å². The van der Waals surface area contributed by atoms with Gasteiger partial charge in [-0.2, -0.15) is 0 Å². The van der Waals surface area contributed by atoms with Gasteiger partial charge in [0.05, 0.1) is 17.8 Å². The van der Waals surface area contributed by atoms with Gasteiger partial charge in [-0.3, -0.25) is 0 Å². The van der Waals surface area contributed by atoms with Crippen molar-refractivity contribution >= 4 is 0 Å². The molecule has 120 valence electrons. The average molecular weight is 286 g/mol. The van der Waals surface area contributed by atoms with Gasteiger partial charge in [0.1, 0.15) is 0 Å². The predicted molar refractivity (Wildman–Crippen MR) is 84.2 cm³/mol. The van der Waals surface area contributed by atoms with Gasteiger partial charge in [-0.15, -0.1) is 0 Å². The molecule has 1 N–H and O–H groups in total. The van der Waals surface area contributed by atoms with E-state index in [9.17, 15) is 0 Å². The van der Waals surface area contributed by atoms with E-state index in [1.165, 1.54) is 0 Å². The summed E-state index contributed by atoms with van der Waals surface area (Å²) in [6, 6.07) is 0.793. The van der Waals surface area contributed by atoms with Crippen molar-refractivity contribution in [1.29, 1.82) is 0 Å². The number of nitrogens with one attached hydrogen (secondary N) is 1. The molecule has 0 radical (unpaired) electrons. The minimum Gasteiger partial charge on any atom is -0.383 e. The number of methoxy groups -OCH3 is 1. The van der Waals surface area contributed by atoms with Crippen molar-refractivity contribution in [3.63, 3.8) is 0 Å². The molecule has 1 fully saturated rings. The summed E-state index contributed by atoms with van der Waals surface area (Å²) in [5, 5.41) is 3.63. The molecule has 0 saturated carbocycles. The standard InChI is InChI=1S/C16H34N2O2/c1-9-17-14-13(10-18(7)12(2)11-19-8)15(3,4)20-16(14,5)6/h12-14,17H,9-11H2,1-8H3. The molecule has 4 nitrogen and oxygen atoms in total. The van der Waals surface area contributed by atoms with E-state index >= 15 is 0 Å². The Balaban J connectivity index is 2.83. The van der Waals surface area contributed by atoms with Crippen molar-refractivity contribution in [1.82, 2.24) is 10.2 Å². The molecule has 0 aromatic carbocycles. The number of ether oxygens (including phenoxy) is 2. The van der Waals surface area contributed by atoms with Crippen LogP contribution in [0, 0.1) is 5.92 Å². The van der Waals surface area contributed by atoms with E-state index in [4.69, 9.17) is 9.47 Å². The molecular formula is C16H34N2O2. The molecule has 1 rings (SSSR count). The average Bonchev–Trinajstić information content (AvgIpc) is 2.47. The van der Waals surface area contributed by atoms with Gasteiger partial charge < -0.3 is 19.7 Å². The van der Waals surface area contributed by atoms with Crippen LogP contribution in [0.25, 0.3) is 0 Å². The zero-order valence-corrected chi connectivity index (χ0v) is 14.6. The van der Waals surface area contributed by atoms with Crippen LogP contribution in [0.2, 0.25) is 0 Å². The summed E-state index contributed by atoms with van der Waals surface area (Å²) < 4.78 is 11.6. The number of hydrogen-bond donors (Lipinski definition) is 1. The third-order valence-electron chi connectivity index (χ3n) is 4.64. The van der Waals surface area contributed by atoms with Crippen molar-refractivity contribution in [3.8, 4) is 0 Å². The molecule has 3 atom stereocenters. The molecule has 0 aliphatic carbocycles. The monoisotopic (exact) mass is 286 g/mol. The van der Waals surface area contributed by atoms with Crippen LogP contribution in [-0.2, 0) is 9.47 Å². The van der Waals surface area contributed by atoms with Gasteiger partial charge in [0, 0.05) is 31.7 Å². The lowest BCUT2D eigenvalue weighted by Crippen LogP contribution is -2.51. The Morgan fingerprint density at radius 2 is 1.85 bits per heavy atom. The maximum absolute atomic E-state index is 6.33. The topological polar surface area (TPSA) is 33.7 Å². The first-order chi connectivity index (χ1) is 9.15. The van der Waals surface area contributed by atoms with Crippen LogP contribution in [0.1, 0.15) is 41.5 Å². The van der Waals surface area contributed by atoms with E-state index in [-0.39, 0.29) is 11.2 Å². The van der Waals surface area contributed by atoms with Crippen LogP contribution in [0.5, 0.6) is 0 Å². The minimum atomic E-state index is -0.129. The van der Waals surface area contributed by atoms with E-state index in [1.54, 1.807) is 7.11 Å². The normalized spacial score (nSPS) is 29.9. The number of likely N-dealkylation sites (N-methyl/N-ethyl adjacent to an activating group) is 2. The molecule has 0 aromatic heterocycles. The summed E-state index contributed by atoms with van der Waals surface area (Å²) in [5.74, 6) is 0.460. The van der Waals surface area contributed by atoms with Crippen LogP contribution in [0.4, 0.5) is 0 Å². The van der Waals surface area contributed by atoms with Gasteiger partial charge in [0.2, 0.25) is 0 Å². The third-order valence-corrected chi connectivity index (χ3v) is 4.64. The first-order valence-corrected chi connectivity index (χ1v) is 7.78. The second-order valence-electron chi connectivity index (χ2n) is 7.19. The van der Waals surface area contributed by atoms with E-state index in [0.29, 0.717) is 18.0 Å². The fourth-order valence-electron chi connectivity index (χ4n) is 3.49. The first kappa shape index (κ1) is 17.9. The number of hydrogen-bond acceptors (Lipinski definition) is 4. The molecule has 0 aromatic rings. The van der Waals surface area contributed by atoms with Gasteiger partial charge in [-0.05, 0) is 48.2 Å². The lowest BCUT2D eigenvalue weighted by Gasteiger charge is -2.35. The Labute approximate surface area is 125 Å². The molecule has 1 aliphatic heterocycles. The fraction of sp³-hybridized carbons (Fsp3) is 1.00. The lowest BCUT2D eigenvalue weighted by atomic mass is 9.82. The molecule has 1 saturated heterocycles. The molecule has 0 bridgehead atoms. The van der Waals surface area contributed by atoms with Gasteiger partial charge in [0.15, 0.2) is 0 Å². The maximum Gasteiger partial charge on any atom is 0.0790 e. The van der Waals surface area contributed by atoms with E-state index in [2.05, 4.69) is 58.8 Å². The van der Waals surface area contributed by atoms with Crippen LogP contribution >= 0.6 is 0 Å². The Hall–Kier alpha value is -0.160. The van der Waals surface area contributed by atoms with Crippen LogP contribution in [-0.4, -0.2) is 62.0 Å². The fourth-order valence-corrected chi connectivity index (χ4v) is 3.49. The predicted octanol–water partition coefficient (Wildman–Crippen LogP) is 2.13. The largest absolute Gasteiger partial charge is 0.383 e. The molecule has 20 heavy (non-hydrogen) atoms. The smallest absolute Gasteiger partial charge is 0.0790 e. The molecule has 4 heteroatoms. The number of nitrogens with zero attached hydrogens (tertiary/aromatic N) is 1. The van der Waals surface area contributed by atoms with Crippen LogP contribution in [0.15, 0.2) is 0 Å². The number of rotatable bonds is 7. The minimum absolute atomic E-state index is 0.114. The molecule has 1 aliphatic rings. The molecule has 3 unspecified atom stereocenters. The van der Waals surface area contributed by atoms with Gasteiger partial charge >= 0.3 is 0 Å². The summed E-state index contributed by atoms with van der Waals surface area (Å²) >= 11 is 0. The van der Waals surface area contributed by atoms with Gasteiger partial charge in [-0.25, -0.2) is 0 Å². The van der Waals surface area contributed by atoms with E-state index in [0.717, 1.165) is 19.7 Å². The highest BCUT2D eigenvalue weighted by Crippen LogP contribution is 2.42. The van der Waals surface area contributed by atoms with Crippen molar-refractivity contribution in [2.24, 2.45) is 5.92 Å². The van der Waals surface area contributed by atoms with Crippen molar-refractivity contribution in [3.05, 3.63) is 0 Å². The zero-order chi connectivity index (χ0) is 15.6. The molecule has 1 heterocycles. The first-order valence-electron chi connectivity index (χ1n) is 7.78. The summed E-state index contributed by atoms with van der Waals surface area (Å²) in [6.45, 7) is 15.9. The molecule has 0 amide bonds. The Morgan fingerprint density at radius 3 is 2.35 bits per heavy atom. The maximum atomic E-state index is 6.33. The van der Waals surface area contributed by atoms with E-state index < -0.39 is 0 Å². The molecule has 0 spiro atoms. The quantitative estimate of drug-likeness (QED) is 0.777. The Bertz CT molecular complexity index is 305. The van der Waals surface area contributed by atoms with Gasteiger partial charge in [-0.1, -0.05) is 6.92 Å². The van der Waals surface area contributed by atoms with Gasteiger partial charge in [0.25, 0.3) is 0 Å². The van der Waals surface area contributed by atoms with Crippen molar-refractivity contribution < 1.29 is 9.47 Å². The Kier molecular flexibility index (Phi) is 6.02. The highest BCUT2D eigenvalue weighted by molar-refractivity contribution is 5.06. The zero-order valence-electron chi connectivity index (χ0n) is 14.6. The molecular weight excluding hydrogens is 252 g/mol. The third kappa shape index (κ3) is 3.94.